The zero-order valence-electron chi connectivity index (χ0n) is 8.83. The van der Waals surface area contributed by atoms with Crippen LogP contribution in [0.25, 0.3) is 0 Å². The van der Waals surface area contributed by atoms with Gasteiger partial charge < -0.3 is 9.57 Å². The molecule has 1 unspecified atom stereocenters. The summed E-state index contributed by atoms with van der Waals surface area (Å²) in [5, 5.41) is 0. The molecule has 0 aliphatic carbocycles. The summed E-state index contributed by atoms with van der Waals surface area (Å²) in [5.41, 5.74) is 2.44. The number of nitrogens with one attached hydrogen (secondary N) is 1. The van der Waals surface area contributed by atoms with Gasteiger partial charge in [-0.05, 0) is 6.92 Å². The van der Waals surface area contributed by atoms with Crippen LogP contribution in [0.2, 0.25) is 0 Å². The number of hydrogen-bond donors (Lipinski definition) is 1. The molecular formula is C9H17NO4. The first-order chi connectivity index (χ1) is 6.65. The first-order valence-electron chi connectivity index (χ1n) is 4.62. The zero-order chi connectivity index (χ0) is 11.0. The number of ketones is 1. The van der Waals surface area contributed by atoms with Crippen LogP contribution in [0.15, 0.2) is 0 Å². The van der Waals surface area contributed by atoms with Crippen LogP contribution < -0.4 is 5.48 Å². The van der Waals surface area contributed by atoms with Crippen molar-refractivity contribution >= 4 is 11.8 Å². The Kier molecular flexibility index (Phi) is 6.96. The smallest absolute Gasteiger partial charge is 0.325 e. The topological polar surface area (TPSA) is 64.6 Å². The molecule has 5 nitrogen and oxygen atoms in total. The van der Waals surface area contributed by atoms with Gasteiger partial charge in [0.15, 0.2) is 0 Å². The number of carbonyl (C=O) groups excluding carboxylic acids is 2. The van der Waals surface area contributed by atoms with Gasteiger partial charge in [-0.3, -0.25) is 9.59 Å². The van der Waals surface area contributed by atoms with E-state index >= 15 is 0 Å². The molecule has 0 radical (unpaired) electrons. The lowest BCUT2D eigenvalue weighted by atomic mass is 10.1. The Morgan fingerprint density at radius 3 is 2.43 bits per heavy atom. The summed E-state index contributed by atoms with van der Waals surface area (Å²) in [7, 11) is 1.39. The molecule has 0 aromatic rings. The lowest BCUT2D eigenvalue weighted by Crippen LogP contribution is -2.39. The molecule has 0 aliphatic heterocycles. The molecule has 0 spiro atoms. The highest BCUT2D eigenvalue weighted by Crippen LogP contribution is 1.99. The summed E-state index contributed by atoms with van der Waals surface area (Å²) in [6, 6.07) is -0.701. The number of hydrogen-bond acceptors (Lipinski definition) is 5. The quantitative estimate of drug-likeness (QED) is 0.480. The SMILES string of the molecule is CCOC(=O)C(CC(=O)CC)NOC. The van der Waals surface area contributed by atoms with Gasteiger partial charge in [-0.25, -0.2) is 0 Å². The van der Waals surface area contributed by atoms with E-state index < -0.39 is 12.0 Å². The number of rotatable bonds is 7. The van der Waals surface area contributed by atoms with E-state index in [9.17, 15) is 9.59 Å². The van der Waals surface area contributed by atoms with Crippen molar-refractivity contribution in [3.05, 3.63) is 0 Å². The summed E-state index contributed by atoms with van der Waals surface area (Å²) < 4.78 is 4.77. The molecule has 5 heteroatoms. The Balaban J connectivity index is 4.13. The van der Waals surface area contributed by atoms with Gasteiger partial charge in [0.25, 0.3) is 0 Å². The van der Waals surface area contributed by atoms with Gasteiger partial charge in [0.1, 0.15) is 11.8 Å². The van der Waals surface area contributed by atoms with Gasteiger partial charge in [-0.15, -0.1) is 0 Å². The monoisotopic (exact) mass is 203 g/mol. The third-order valence-corrected chi connectivity index (χ3v) is 1.66. The van der Waals surface area contributed by atoms with Gasteiger partial charge in [0.2, 0.25) is 0 Å². The highest BCUT2D eigenvalue weighted by atomic mass is 16.6. The van der Waals surface area contributed by atoms with E-state index in [0.717, 1.165) is 0 Å². The first kappa shape index (κ1) is 13.1. The average molecular weight is 203 g/mol. The summed E-state index contributed by atoms with van der Waals surface area (Å²) in [6.07, 6.45) is 0.504. The Morgan fingerprint density at radius 2 is 2.00 bits per heavy atom. The molecule has 1 N–H and O–H groups in total. The Morgan fingerprint density at radius 1 is 1.36 bits per heavy atom. The number of esters is 1. The van der Waals surface area contributed by atoms with Gasteiger partial charge >= 0.3 is 5.97 Å². The van der Waals surface area contributed by atoms with E-state index in [1.165, 1.54) is 7.11 Å². The van der Waals surface area contributed by atoms with Crippen LogP contribution in [-0.4, -0.2) is 31.5 Å². The second-order valence-electron chi connectivity index (χ2n) is 2.72. The highest BCUT2D eigenvalue weighted by molar-refractivity contribution is 5.86. The second-order valence-corrected chi connectivity index (χ2v) is 2.72. The number of Topliss-reactive ketones (excluding diaryl/α,β-unsaturated/α-hetero) is 1. The minimum Gasteiger partial charge on any atom is -0.465 e. The van der Waals surface area contributed by atoms with Crippen molar-refractivity contribution in [3.8, 4) is 0 Å². The van der Waals surface area contributed by atoms with Crippen LogP contribution in [0.3, 0.4) is 0 Å². The van der Waals surface area contributed by atoms with Crippen molar-refractivity contribution in [2.45, 2.75) is 32.7 Å². The van der Waals surface area contributed by atoms with E-state index in [0.29, 0.717) is 13.0 Å². The molecule has 1 atom stereocenters. The van der Waals surface area contributed by atoms with Crippen LogP contribution in [0.4, 0.5) is 0 Å². The number of ether oxygens (including phenoxy) is 1. The molecule has 0 aromatic carbocycles. The Labute approximate surface area is 83.7 Å². The molecule has 0 fully saturated rings. The van der Waals surface area contributed by atoms with Gasteiger partial charge in [-0.2, -0.15) is 5.48 Å². The zero-order valence-corrected chi connectivity index (χ0v) is 8.83. The van der Waals surface area contributed by atoms with E-state index in [1.807, 2.05) is 0 Å². The lowest BCUT2D eigenvalue weighted by molar-refractivity contribution is -0.151. The van der Waals surface area contributed by atoms with Gasteiger partial charge in [0, 0.05) is 12.8 Å². The lowest BCUT2D eigenvalue weighted by Gasteiger charge is -2.14. The van der Waals surface area contributed by atoms with Crippen molar-refractivity contribution in [1.29, 1.82) is 0 Å². The minimum atomic E-state index is -0.701. The summed E-state index contributed by atoms with van der Waals surface area (Å²) in [5.74, 6) is -0.469. The van der Waals surface area contributed by atoms with Crippen molar-refractivity contribution < 1.29 is 19.2 Å². The number of hydroxylamine groups is 1. The minimum absolute atomic E-state index is 0.00685. The van der Waals surface area contributed by atoms with Gasteiger partial charge in [-0.1, -0.05) is 6.92 Å². The van der Waals surface area contributed by atoms with Crippen LogP contribution >= 0.6 is 0 Å². The molecule has 0 aliphatic rings. The molecule has 0 saturated carbocycles. The van der Waals surface area contributed by atoms with Crippen molar-refractivity contribution in [3.63, 3.8) is 0 Å². The molecule has 0 heterocycles. The average Bonchev–Trinajstić information content (AvgIpc) is 2.17. The normalized spacial score (nSPS) is 12.2. The highest BCUT2D eigenvalue weighted by Gasteiger charge is 2.21. The third-order valence-electron chi connectivity index (χ3n) is 1.66. The fourth-order valence-corrected chi connectivity index (χ4v) is 0.930. The largest absolute Gasteiger partial charge is 0.465 e. The van der Waals surface area contributed by atoms with Gasteiger partial charge in [0.05, 0.1) is 13.7 Å². The summed E-state index contributed by atoms with van der Waals surface area (Å²) in [6.45, 7) is 3.75. The maximum Gasteiger partial charge on any atom is 0.325 e. The van der Waals surface area contributed by atoms with Crippen LogP contribution in [0.5, 0.6) is 0 Å². The fraction of sp³-hybridized carbons (Fsp3) is 0.778. The van der Waals surface area contributed by atoms with E-state index in [-0.39, 0.29) is 12.2 Å². The standard InChI is InChI=1S/C9H17NO4/c1-4-7(11)6-8(10-13-3)9(12)14-5-2/h8,10H,4-6H2,1-3H3. The molecule has 0 rings (SSSR count). The van der Waals surface area contributed by atoms with Crippen molar-refractivity contribution in [1.82, 2.24) is 5.48 Å². The molecule has 0 saturated heterocycles. The first-order valence-corrected chi connectivity index (χ1v) is 4.62. The van der Waals surface area contributed by atoms with E-state index in [1.54, 1.807) is 13.8 Å². The Hall–Kier alpha value is -0.940. The molecule has 82 valence electrons. The molecule has 0 bridgehead atoms. The summed E-state index contributed by atoms with van der Waals surface area (Å²) >= 11 is 0. The predicted molar refractivity (Wildman–Crippen MR) is 50.5 cm³/mol. The molecule has 0 amide bonds. The molecular weight excluding hydrogens is 186 g/mol. The van der Waals surface area contributed by atoms with Crippen LogP contribution in [0.1, 0.15) is 26.7 Å². The van der Waals surface area contributed by atoms with Crippen LogP contribution in [0, 0.1) is 0 Å². The maximum absolute atomic E-state index is 11.3. The van der Waals surface area contributed by atoms with E-state index in [2.05, 4.69) is 10.3 Å². The summed E-state index contributed by atoms with van der Waals surface area (Å²) in [4.78, 5) is 27.0. The third kappa shape index (κ3) is 4.94. The fourth-order valence-electron chi connectivity index (χ4n) is 0.930. The van der Waals surface area contributed by atoms with E-state index in [4.69, 9.17) is 4.74 Å². The Bertz CT molecular complexity index is 193. The van der Waals surface area contributed by atoms with Crippen LogP contribution in [-0.2, 0) is 19.2 Å². The van der Waals surface area contributed by atoms with Crippen molar-refractivity contribution in [2.24, 2.45) is 0 Å². The molecule has 14 heavy (non-hydrogen) atoms. The maximum atomic E-state index is 11.3. The predicted octanol–water partition coefficient (Wildman–Crippen LogP) is 0.438. The number of carbonyl (C=O) groups is 2. The van der Waals surface area contributed by atoms with Crippen molar-refractivity contribution in [2.75, 3.05) is 13.7 Å². The second kappa shape index (κ2) is 7.46. The molecule has 0 aromatic heterocycles.